The fourth-order valence-electron chi connectivity index (χ4n) is 4.95. The van der Waals surface area contributed by atoms with Gasteiger partial charge >= 0.3 is 6.03 Å². The third-order valence-electron chi connectivity index (χ3n) is 6.69. The molecule has 178 valence electrons. The van der Waals surface area contributed by atoms with Gasteiger partial charge in [-0.3, -0.25) is 5.10 Å². The lowest BCUT2D eigenvalue weighted by Gasteiger charge is -2.33. The van der Waals surface area contributed by atoms with E-state index < -0.39 is 6.43 Å². The highest BCUT2D eigenvalue weighted by Gasteiger charge is 2.26. The van der Waals surface area contributed by atoms with Crippen molar-refractivity contribution in [3.63, 3.8) is 0 Å². The molecule has 0 bridgehead atoms. The Labute approximate surface area is 197 Å². The maximum absolute atomic E-state index is 14.2. The van der Waals surface area contributed by atoms with Gasteiger partial charge < -0.3 is 20.4 Å². The number of aromatic nitrogens is 2. The molecule has 0 spiro atoms. The van der Waals surface area contributed by atoms with Crippen LogP contribution >= 0.6 is 0 Å². The number of nitrogens with zero attached hydrogens (tertiary/aromatic N) is 3. The summed E-state index contributed by atoms with van der Waals surface area (Å²) in [5.74, 6) is 0. The van der Waals surface area contributed by atoms with Gasteiger partial charge in [-0.2, -0.15) is 5.10 Å². The predicted octanol–water partition coefficient (Wildman–Crippen LogP) is 4.97. The summed E-state index contributed by atoms with van der Waals surface area (Å²) in [7, 11) is 1.63. The molecule has 3 aromatic rings. The average Bonchev–Trinajstić information content (AvgIpc) is 3.15. The summed E-state index contributed by atoms with van der Waals surface area (Å²) in [4.78, 5) is 16.1. The molecular formula is C25H28F2N6O. The fraction of sp³-hybridized carbons (Fsp3) is 0.360. The second-order valence-corrected chi connectivity index (χ2v) is 8.75. The Bertz CT molecular complexity index is 1220. The summed E-state index contributed by atoms with van der Waals surface area (Å²) in [5, 5.41) is 13.0. The second kappa shape index (κ2) is 8.96. The molecule has 2 amide bonds. The van der Waals surface area contributed by atoms with Gasteiger partial charge in [-0.25, -0.2) is 13.6 Å². The fourth-order valence-corrected chi connectivity index (χ4v) is 4.95. The smallest absolute Gasteiger partial charge is 0.317 e. The number of H-pyrrole nitrogens is 1. The Balaban J connectivity index is 1.55. The van der Waals surface area contributed by atoms with Crippen molar-refractivity contribution < 1.29 is 13.6 Å². The van der Waals surface area contributed by atoms with E-state index in [1.807, 2.05) is 25.1 Å². The van der Waals surface area contributed by atoms with Gasteiger partial charge in [0.1, 0.15) is 0 Å². The van der Waals surface area contributed by atoms with E-state index in [-0.39, 0.29) is 11.6 Å². The summed E-state index contributed by atoms with van der Waals surface area (Å²) >= 11 is 0. The normalized spacial score (nSPS) is 15.4. The lowest BCUT2D eigenvalue weighted by Crippen LogP contribution is -2.38. The number of hydrogen-bond acceptors (Lipinski definition) is 4. The molecule has 0 unspecified atom stereocenters. The lowest BCUT2D eigenvalue weighted by molar-refractivity contribution is 0.152. The van der Waals surface area contributed by atoms with Crippen LogP contribution < -0.4 is 15.5 Å². The van der Waals surface area contributed by atoms with Gasteiger partial charge in [0.2, 0.25) is 0 Å². The first-order valence-corrected chi connectivity index (χ1v) is 11.5. The first kappa shape index (κ1) is 22.2. The van der Waals surface area contributed by atoms with Crippen LogP contribution in [0.25, 0.3) is 11.1 Å². The number of halogens is 2. The van der Waals surface area contributed by atoms with Gasteiger partial charge in [-0.15, -0.1) is 0 Å². The van der Waals surface area contributed by atoms with Crippen LogP contribution in [0.2, 0.25) is 0 Å². The molecule has 1 aromatic heterocycles. The van der Waals surface area contributed by atoms with E-state index in [9.17, 15) is 13.6 Å². The topological polar surface area (TPSA) is 76.3 Å². The molecule has 0 saturated carbocycles. The van der Waals surface area contributed by atoms with Crippen LogP contribution in [0.15, 0.2) is 36.5 Å². The number of fused-ring (bicyclic) bond motifs is 2. The van der Waals surface area contributed by atoms with Gasteiger partial charge in [0, 0.05) is 67.6 Å². The Hall–Kier alpha value is -3.62. The van der Waals surface area contributed by atoms with Gasteiger partial charge in [0.25, 0.3) is 6.43 Å². The number of carbonyl (C=O) groups is 1. The summed E-state index contributed by atoms with van der Waals surface area (Å²) in [6, 6.07) is 9.53. The van der Waals surface area contributed by atoms with Crippen LogP contribution in [0.4, 0.5) is 30.6 Å². The average molecular weight is 467 g/mol. The molecule has 34 heavy (non-hydrogen) atoms. The van der Waals surface area contributed by atoms with Crippen molar-refractivity contribution in [3.8, 4) is 11.1 Å². The molecule has 7 nitrogen and oxygen atoms in total. The van der Waals surface area contributed by atoms with Crippen LogP contribution in [0.3, 0.4) is 0 Å². The molecule has 9 heteroatoms. The highest BCUT2D eigenvalue weighted by atomic mass is 19.3. The standard InChI is InChI=1S/C25H28F2N6O/c1-15-21(13-30-31-15)19-11-16-4-3-8-33(23(16)12-20(19)24(26)27)18-5-6-22-17(10-18)14-32(9-7-29-22)25(34)28-2/h5-6,10-13,24,29H,3-4,7-9,14H2,1-2H3,(H,28,34)(H,30,31). The Morgan fingerprint density at radius 1 is 1.15 bits per heavy atom. The minimum absolute atomic E-state index is 0.0115. The Morgan fingerprint density at radius 3 is 2.74 bits per heavy atom. The lowest BCUT2D eigenvalue weighted by atomic mass is 9.92. The van der Waals surface area contributed by atoms with Crippen LogP contribution in [-0.4, -0.2) is 47.8 Å². The molecule has 2 aliphatic heterocycles. The van der Waals surface area contributed by atoms with Crippen molar-refractivity contribution >= 4 is 23.1 Å². The second-order valence-electron chi connectivity index (χ2n) is 8.75. The highest BCUT2D eigenvalue weighted by molar-refractivity contribution is 5.79. The molecule has 0 radical (unpaired) electrons. The largest absolute Gasteiger partial charge is 0.383 e. The number of nitrogens with one attached hydrogen (secondary N) is 3. The number of amides is 2. The third kappa shape index (κ3) is 3.95. The first-order valence-electron chi connectivity index (χ1n) is 11.5. The number of aromatic amines is 1. The molecule has 3 heterocycles. The zero-order valence-electron chi connectivity index (χ0n) is 19.3. The summed E-state index contributed by atoms with van der Waals surface area (Å²) in [5.41, 5.74) is 6.76. The molecule has 0 aliphatic carbocycles. The molecule has 0 atom stereocenters. The van der Waals surface area contributed by atoms with E-state index in [0.29, 0.717) is 36.5 Å². The highest BCUT2D eigenvalue weighted by Crippen LogP contribution is 2.42. The molecule has 2 aliphatic rings. The Morgan fingerprint density at radius 2 is 2.00 bits per heavy atom. The number of hydrogen-bond donors (Lipinski definition) is 3. The maximum atomic E-state index is 14.2. The SMILES string of the molecule is CNC(=O)N1CCNc2ccc(N3CCCc4cc(-c5c[nH]nc5C)c(C(F)F)cc43)cc2C1. The van der Waals surface area contributed by atoms with Crippen molar-refractivity contribution in [2.75, 3.05) is 36.9 Å². The third-order valence-corrected chi connectivity index (χ3v) is 6.69. The van der Waals surface area contributed by atoms with Crippen LogP contribution in [-0.2, 0) is 13.0 Å². The molecule has 0 fully saturated rings. The number of urea groups is 1. The van der Waals surface area contributed by atoms with Crippen molar-refractivity contribution in [2.45, 2.75) is 32.7 Å². The predicted molar refractivity (Wildman–Crippen MR) is 129 cm³/mol. The Kier molecular flexibility index (Phi) is 5.85. The van der Waals surface area contributed by atoms with E-state index in [1.54, 1.807) is 24.2 Å². The number of rotatable bonds is 3. The molecule has 2 aromatic carbocycles. The van der Waals surface area contributed by atoms with E-state index in [2.05, 4.69) is 31.8 Å². The van der Waals surface area contributed by atoms with Gasteiger partial charge in [0.05, 0.1) is 5.69 Å². The van der Waals surface area contributed by atoms with Gasteiger partial charge in [0.15, 0.2) is 0 Å². The van der Waals surface area contributed by atoms with E-state index >= 15 is 0 Å². The van der Waals surface area contributed by atoms with Gasteiger partial charge in [-0.05, 0) is 66.8 Å². The summed E-state index contributed by atoms with van der Waals surface area (Å²) < 4.78 is 28.3. The van der Waals surface area contributed by atoms with Gasteiger partial charge in [-0.1, -0.05) is 0 Å². The number of benzene rings is 2. The van der Waals surface area contributed by atoms with Crippen LogP contribution in [0.1, 0.15) is 35.2 Å². The monoisotopic (exact) mass is 466 g/mol. The molecule has 3 N–H and O–H groups in total. The van der Waals surface area contributed by atoms with Crippen LogP contribution in [0, 0.1) is 6.92 Å². The number of alkyl halides is 2. The zero-order valence-corrected chi connectivity index (χ0v) is 19.3. The van der Waals surface area contributed by atoms with Crippen molar-refractivity contribution in [1.82, 2.24) is 20.4 Å². The van der Waals surface area contributed by atoms with E-state index in [4.69, 9.17) is 0 Å². The van der Waals surface area contributed by atoms with Crippen molar-refractivity contribution in [2.24, 2.45) is 0 Å². The number of aryl methyl sites for hydroxylation is 2. The number of anilines is 3. The molecular weight excluding hydrogens is 438 g/mol. The number of carbonyl (C=O) groups excluding carboxylic acids is 1. The summed E-state index contributed by atoms with van der Waals surface area (Å²) in [6.07, 6.45) is 0.831. The van der Waals surface area contributed by atoms with E-state index in [1.165, 1.54) is 0 Å². The minimum atomic E-state index is -2.60. The quantitative estimate of drug-likeness (QED) is 0.509. The molecule has 0 saturated heterocycles. The van der Waals surface area contributed by atoms with Crippen molar-refractivity contribution in [1.29, 1.82) is 0 Å². The van der Waals surface area contributed by atoms with Crippen molar-refractivity contribution in [3.05, 3.63) is 58.9 Å². The first-order chi connectivity index (χ1) is 16.5. The summed E-state index contributed by atoms with van der Waals surface area (Å²) in [6.45, 7) is 4.31. The minimum Gasteiger partial charge on any atom is -0.383 e. The zero-order chi connectivity index (χ0) is 23.8. The molecule has 5 rings (SSSR count). The maximum Gasteiger partial charge on any atom is 0.317 e. The van der Waals surface area contributed by atoms with E-state index in [0.717, 1.165) is 47.6 Å². The van der Waals surface area contributed by atoms with Crippen LogP contribution in [0.5, 0.6) is 0 Å².